The lowest BCUT2D eigenvalue weighted by molar-refractivity contribution is -0.0134. The summed E-state index contributed by atoms with van der Waals surface area (Å²) in [6, 6.07) is 4.79. The number of carbonyl (C=O) groups excluding carboxylic acids is 1. The first-order chi connectivity index (χ1) is 13.8. The van der Waals surface area contributed by atoms with Gasteiger partial charge in [0.2, 0.25) is 0 Å². The third-order valence-corrected chi connectivity index (χ3v) is 3.85. The third-order valence-electron chi connectivity index (χ3n) is 3.63. The normalized spacial score (nSPS) is 19.3. The van der Waals surface area contributed by atoms with Crippen LogP contribution in [0.25, 0.3) is 0 Å². The minimum Gasteiger partial charge on any atom is -0.487 e. The van der Waals surface area contributed by atoms with E-state index >= 15 is 0 Å². The molecule has 0 aromatic heterocycles. The monoisotopic (exact) mass is 418 g/mol. The van der Waals surface area contributed by atoms with Gasteiger partial charge in [0.05, 0.1) is 66.1 Å². The molecular formula is C19H27ClO8. The van der Waals surface area contributed by atoms with Crippen LogP contribution >= 0.6 is 11.6 Å². The van der Waals surface area contributed by atoms with E-state index in [9.17, 15) is 4.79 Å². The molecule has 1 aromatic carbocycles. The SMILES string of the molecule is O=C(Cl)c1ccc2c(c1)OCCOCCOCCOCCOCCOCCO2. The van der Waals surface area contributed by atoms with Crippen LogP contribution in [-0.2, 0) is 23.7 Å². The van der Waals surface area contributed by atoms with Crippen LogP contribution in [0.15, 0.2) is 18.2 Å². The van der Waals surface area contributed by atoms with Crippen LogP contribution in [0.2, 0.25) is 0 Å². The summed E-state index contributed by atoms with van der Waals surface area (Å²) in [6.07, 6.45) is 0. The Labute approximate surface area is 169 Å². The lowest BCUT2D eigenvalue weighted by Gasteiger charge is -2.14. The highest BCUT2D eigenvalue weighted by molar-refractivity contribution is 6.67. The number of carbonyl (C=O) groups is 1. The Morgan fingerprint density at radius 2 is 1.00 bits per heavy atom. The quantitative estimate of drug-likeness (QED) is 0.640. The van der Waals surface area contributed by atoms with Gasteiger partial charge in [-0.15, -0.1) is 0 Å². The van der Waals surface area contributed by atoms with Crippen molar-refractivity contribution in [1.82, 2.24) is 0 Å². The van der Waals surface area contributed by atoms with Crippen LogP contribution in [0.4, 0.5) is 0 Å². The second-order valence-corrected chi connectivity index (χ2v) is 6.04. The summed E-state index contributed by atoms with van der Waals surface area (Å²) in [4.78, 5) is 11.4. The van der Waals surface area contributed by atoms with E-state index in [-0.39, 0.29) is 0 Å². The predicted octanol–water partition coefficient (Wildman–Crippen LogP) is 1.92. The first-order valence-electron chi connectivity index (χ1n) is 9.25. The van der Waals surface area contributed by atoms with E-state index in [2.05, 4.69) is 0 Å². The molecule has 0 spiro atoms. The fraction of sp³-hybridized carbons (Fsp3) is 0.632. The van der Waals surface area contributed by atoms with E-state index in [0.29, 0.717) is 96.3 Å². The van der Waals surface area contributed by atoms with E-state index < -0.39 is 5.24 Å². The molecule has 0 saturated carbocycles. The number of rotatable bonds is 1. The van der Waals surface area contributed by atoms with Gasteiger partial charge >= 0.3 is 0 Å². The van der Waals surface area contributed by atoms with Gasteiger partial charge in [-0.2, -0.15) is 0 Å². The zero-order chi connectivity index (χ0) is 19.9. The zero-order valence-electron chi connectivity index (χ0n) is 15.9. The number of benzene rings is 1. The smallest absolute Gasteiger partial charge is 0.252 e. The van der Waals surface area contributed by atoms with Crippen molar-refractivity contribution in [2.45, 2.75) is 0 Å². The summed E-state index contributed by atoms with van der Waals surface area (Å²) in [5.41, 5.74) is 0.333. The van der Waals surface area contributed by atoms with Crippen molar-refractivity contribution in [3.05, 3.63) is 23.8 Å². The lowest BCUT2D eigenvalue weighted by atomic mass is 10.2. The molecule has 0 saturated heterocycles. The number of hydrogen-bond acceptors (Lipinski definition) is 8. The molecule has 28 heavy (non-hydrogen) atoms. The van der Waals surface area contributed by atoms with E-state index in [0.717, 1.165) is 0 Å². The molecule has 0 fully saturated rings. The van der Waals surface area contributed by atoms with Crippen LogP contribution in [0, 0.1) is 0 Å². The summed E-state index contributed by atoms with van der Waals surface area (Å²) in [6.45, 7) is 5.32. The van der Waals surface area contributed by atoms with Gasteiger partial charge in [0, 0.05) is 5.56 Å². The topological polar surface area (TPSA) is 81.7 Å². The Hall–Kier alpha value is -1.42. The van der Waals surface area contributed by atoms with Crippen molar-refractivity contribution in [3.63, 3.8) is 0 Å². The van der Waals surface area contributed by atoms with Crippen LogP contribution in [0.5, 0.6) is 11.5 Å². The molecule has 8 nitrogen and oxygen atoms in total. The molecule has 0 amide bonds. The number of ether oxygens (including phenoxy) is 7. The first kappa shape index (κ1) is 22.9. The average molecular weight is 419 g/mol. The minimum absolute atomic E-state index is 0.299. The highest BCUT2D eigenvalue weighted by Gasteiger charge is 2.10. The van der Waals surface area contributed by atoms with Gasteiger partial charge in [0.1, 0.15) is 13.2 Å². The third kappa shape index (κ3) is 9.68. The Morgan fingerprint density at radius 3 is 1.43 bits per heavy atom. The highest BCUT2D eigenvalue weighted by Crippen LogP contribution is 2.29. The van der Waals surface area contributed by atoms with Gasteiger partial charge in [-0.25, -0.2) is 0 Å². The lowest BCUT2D eigenvalue weighted by Crippen LogP contribution is -2.14. The number of fused-ring (bicyclic) bond motifs is 1. The van der Waals surface area contributed by atoms with Crippen LogP contribution in [0.3, 0.4) is 0 Å². The number of halogens is 1. The standard InChI is InChI=1S/C19H27ClO8/c20-19(21)16-1-2-17-18(15-16)28-14-12-26-10-8-24-6-4-22-3-5-23-7-9-25-11-13-27-17/h1-2,15H,3-14H2. The second kappa shape index (κ2) is 14.6. The van der Waals surface area contributed by atoms with Crippen molar-refractivity contribution in [1.29, 1.82) is 0 Å². The van der Waals surface area contributed by atoms with Gasteiger partial charge in [0.25, 0.3) is 5.24 Å². The van der Waals surface area contributed by atoms with Crippen molar-refractivity contribution < 1.29 is 38.0 Å². The average Bonchev–Trinajstić information content (AvgIpc) is 2.69. The molecule has 1 aliphatic rings. The second-order valence-electron chi connectivity index (χ2n) is 5.69. The number of hydrogen-bond donors (Lipinski definition) is 0. The molecule has 1 heterocycles. The zero-order valence-corrected chi connectivity index (χ0v) is 16.6. The van der Waals surface area contributed by atoms with Crippen molar-refractivity contribution in [2.24, 2.45) is 0 Å². The molecular weight excluding hydrogens is 392 g/mol. The van der Waals surface area contributed by atoms with E-state index in [1.807, 2.05) is 0 Å². The molecule has 2 rings (SSSR count). The summed E-state index contributed by atoms with van der Waals surface area (Å²) in [5, 5.41) is -0.561. The first-order valence-corrected chi connectivity index (χ1v) is 9.63. The van der Waals surface area contributed by atoms with Gasteiger partial charge in [0.15, 0.2) is 11.5 Å². The van der Waals surface area contributed by atoms with Crippen molar-refractivity contribution in [3.8, 4) is 11.5 Å². The summed E-state index contributed by atoms with van der Waals surface area (Å²) in [5.74, 6) is 0.936. The maximum atomic E-state index is 11.4. The van der Waals surface area contributed by atoms with Gasteiger partial charge < -0.3 is 33.2 Å². The van der Waals surface area contributed by atoms with Crippen molar-refractivity contribution in [2.75, 3.05) is 79.3 Å². The molecule has 0 bridgehead atoms. The highest BCUT2D eigenvalue weighted by atomic mass is 35.5. The van der Waals surface area contributed by atoms with Crippen molar-refractivity contribution >= 4 is 16.8 Å². The molecule has 9 heteroatoms. The Balaban J connectivity index is 1.86. The fourth-order valence-electron chi connectivity index (χ4n) is 2.27. The predicted molar refractivity (Wildman–Crippen MR) is 102 cm³/mol. The minimum atomic E-state index is -0.561. The maximum Gasteiger partial charge on any atom is 0.252 e. The van der Waals surface area contributed by atoms with E-state index in [1.165, 1.54) is 0 Å². The van der Waals surface area contributed by atoms with Gasteiger partial charge in [-0.05, 0) is 29.8 Å². The van der Waals surface area contributed by atoms with Gasteiger partial charge in [-0.3, -0.25) is 4.79 Å². The molecule has 0 atom stereocenters. The van der Waals surface area contributed by atoms with Crippen LogP contribution < -0.4 is 9.47 Å². The van der Waals surface area contributed by atoms with Gasteiger partial charge in [-0.1, -0.05) is 0 Å². The molecule has 1 aliphatic heterocycles. The Kier molecular flexibility index (Phi) is 11.9. The maximum absolute atomic E-state index is 11.4. The molecule has 0 unspecified atom stereocenters. The molecule has 0 N–H and O–H groups in total. The Morgan fingerprint density at radius 1 is 0.607 bits per heavy atom. The molecule has 0 aliphatic carbocycles. The summed E-state index contributed by atoms with van der Waals surface area (Å²) >= 11 is 5.55. The largest absolute Gasteiger partial charge is 0.487 e. The molecule has 0 radical (unpaired) electrons. The molecule has 158 valence electrons. The summed E-state index contributed by atoms with van der Waals surface area (Å²) < 4.78 is 38.5. The summed E-state index contributed by atoms with van der Waals surface area (Å²) in [7, 11) is 0. The molecule has 1 aromatic rings. The van der Waals surface area contributed by atoms with Crippen LogP contribution in [0.1, 0.15) is 10.4 Å². The Bertz CT molecular complexity index is 569. The fourth-order valence-corrected chi connectivity index (χ4v) is 2.38. The van der Waals surface area contributed by atoms with Crippen LogP contribution in [-0.4, -0.2) is 84.5 Å². The van der Waals surface area contributed by atoms with E-state index in [4.69, 9.17) is 44.8 Å². The van der Waals surface area contributed by atoms with E-state index in [1.54, 1.807) is 18.2 Å².